The molecule has 2 aromatic heterocycles. The summed E-state index contributed by atoms with van der Waals surface area (Å²) in [4.78, 5) is 24.6. The number of nitrogens with zero attached hydrogens (tertiary/aromatic N) is 5. The zero-order valence-corrected chi connectivity index (χ0v) is 19.7. The summed E-state index contributed by atoms with van der Waals surface area (Å²) < 4.78 is 7.06. The van der Waals surface area contributed by atoms with E-state index in [9.17, 15) is 4.79 Å². The number of rotatable bonds is 8. The summed E-state index contributed by atoms with van der Waals surface area (Å²) in [5, 5.41) is 9.67. The van der Waals surface area contributed by atoms with Crippen LogP contribution in [0.3, 0.4) is 0 Å². The lowest BCUT2D eigenvalue weighted by atomic mass is 10.1. The Hall–Kier alpha value is -2.81. The standard InChI is InChI=1S/C23H30N6O2S/c1-16(2)32-23-26-20(28-11-5-4-6-12-28)19-15-25-29(21(19)27-23)13-10-24-22(30)17-8-7-9-18(14-17)31-3/h7-9,14-16H,4-6,10-13H2,1-3H3,(H,24,30). The van der Waals surface area contributed by atoms with Crippen molar-refractivity contribution in [1.82, 2.24) is 25.1 Å². The topological polar surface area (TPSA) is 85.2 Å². The van der Waals surface area contributed by atoms with E-state index in [2.05, 4.69) is 29.2 Å². The Morgan fingerprint density at radius 1 is 1.22 bits per heavy atom. The van der Waals surface area contributed by atoms with Crippen molar-refractivity contribution in [1.29, 1.82) is 0 Å². The van der Waals surface area contributed by atoms with Gasteiger partial charge < -0.3 is 15.0 Å². The molecule has 3 aromatic rings. The minimum atomic E-state index is -0.139. The van der Waals surface area contributed by atoms with Crippen LogP contribution in [0, 0.1) is 0 Å². The lowest BCUT2D eigenvalue weighted by Gasteiger charge is -2.28. The van der Waals surface area contributed by atoms with Crippen LogP contribution in [0.5, 0.6) is 5.75 Å². The molecule has 32 heavy (non-hydrogen) atoms. The number of carbonyl (C=O) groups excluding carboxylic acids is 1. The number of piperidine rings is 1. The maximum absolute atomic E-state index is 12.5. The summed E-state index contributed by atoms with van der Waals surface area (Å²) >= 11 is 1.66. The number of aromatic nitrogens is 4. The second-order valence-corrected chi connectivity index (χ2v) is 9.68. The summed E-state index contributed by atoms with van der Waals surface area (Å²) in [5.74, 6) is 1.50. The largest absolute Gasteiger partial charge is 0.497 e. The van der Waals surface area contributed by atoms with E-state index in [4.69, 9.17) is 14.7 Å². The number of methoxy groups -OCH3 is 1. The number of carbonyl (C=O) groups is 1. The Bertz CT molecular complexity index is 1080. The first kappa shape index (κ1) is 22.4. The first-order chi connectivity index (χ1) is 15.5. The lowest BCUT2D eigenvalue weighted by molar-refractivity contribution is 0.0951. The molecule has 8 nitrogen and oxygen atoms in total. The summed E-state index contributed by atoms with van der Waals surface area (Å²) in [6.45, 7) is 7.29. The number of anilines is 1. The van der Waals surface area contributed by atoms with Crippen molar-refractivity contribution >= 4 is 34.5 Å². The van der Waals surface area contributed by atoms with Gasteiger partial charge in [-0.25, -0.2) is 14.6 Å². The molecule has 9 heteroatoms. The molecule has 0 bridgehead atoms. The fourth-order valence-corrected chi connectivity index (χ4v) is 4.54. The molecule has 1 aliphatic rings. The van der Waals surface area contributed by atoms with Gasteiger partial charge in [0.05, 0.1) is 25.2 Å². The van der Waals surface area contributed by atoms with Crippen LogP contribution in [0.15, 0.2) is 35.6 Å². The van der Waals surface area contributed by atoms with Crippen LogP contribution in [-0.4, -0.2) is 57.6 Å². The molecule has 1 N–H and O–H groups in total. The number of amides is 1. The first-order valence-corrected chi connectivity index (χ1v) is 12.0. The van der Waals surface area contributed by atoms with E-state index >= 15 is 0 Å². The first-order valence-electron chi connectivity index (χ1n) is 11.1. The summed E-state index contributed by atoms with van der Waals surface area (Å²) in [6, 6.07) is 7.13. The van der Waals surface area contributed by atoms with Gasteiger partial charge in [-0.1, -0.05) is 31.7 Å². The average molecular weight is 455 g/mol. The summed E-state index contributed by atoms with van der Waals surface area (Å²) in [5.41, 5.74) is 1.39. The van der Waals surface area contributed by atoms with Crippen molar-refractivity contribution in [3.63, 3.8) is 0 Å². The van der Waals surface area contributed by atoms with E-state index in [0.717, 1.165) is 35.1 Å². The predicted octanol–water partition coefficient (Wildman–Crippen LogP) is 3.76. The molecule has 0 spiro atoms. The molecule has 3 heterocycles. The van der Waals surface area contributed by atoms with Gasteiger partial charge in [0.1, 0.15) is 11.6 Å². The van der Waals surface area contributed by atoms with Crippen molar-refractivity contribution in [2.75, 3.05) is 31.6 Å². The number of thioether (sulfide) groups is 1. The van der Waals surface area contributed by atoms with Gasteiger partial charge in [0.2, 0.25) is 0 Å². The van der Waals surface area contributed by atoms with Gasteiger partial charge in [-0.15, -0.1) is 0 Å². The fraction of sp³-hybridized carbons (Fsp3) is 0.478. The van der Waals surface area contributed by atoms with E-state index < -0.39 is 0 Å². The Kier molecular flexibility index (Phi) is 7.14. The van der Waals surface area contributed by atoms with E-state index in [0.29, 0.717) is 29.7 Å². The molecular formula is C23H30N6O2S. The van der Waals surface area contributed by atoms with Gasteiger partial charge in [0.15, 0.2) is 10.8 Å². The summed E-state index contributed by atoms with van der Waals surface area (Å²) in [6.07, 6.45) is 5.49. The van der Waals surface area contributed by atoms with Gasteiger partial charge in [-0.2, -0.15) is 5.10 Å². The molecule has 170 valence electrons. The SMILES string of the molecule is COc1cccc(C(=O)NCCn2ncc3c(N4CCCCC4)nc(SC(C)C)nc32)c1. The Morgan fingerprint density at radius 3 is 2.78 bits per heavy atom. The van der Waals surface area contributed by atoms with Crippen molar-refractivity contribution in [3.8, 4) is 5.75 Å². The van der Waals surface area contributed by atoms with Crippen LogP contribution in [-0.2, 0) is 6.54 Å². The molecule has 0 radical (unpaired) electrons. The van der Waals surface area contributed by atoms with Crippen molar-refractivity contribution in [3.05, 3.63) is 36.0 Å². The number of hydrogen-bond donors (Lipinski definition) is 1. The van der Waals surface area contributed by atoms with Crippen LogP contribution in [0.2, 0.25) is 0 Å². The second-order valence-electron chi connectivity index (χ2n) is 8.14. The quantitative estimate of drug-likeness (QED) is 0.410. The van der Waals surface area contributed by atoms with E-state index in [-0.39, 0.29) is 5.91 Å². The van der Waals surface area contributed by atoms with Gasteiger partial charge in [0, 0.05) is 30.4 Å². The number of hydrogen-bond acceptors (Lipinski definition) is 7. The highest BCUT2D eigenvalue weighted by molar-refractivity contribution is 7.99. The maximum Gasteiger partial charge on any atom is 0.251 e. The molecule has 1 saturated heterocycles. The average Bonchev–Trinajstić information content (AvgIpc) is 3.21. The molecule has 0 atom stereocenters. The van der Waals surface area contributed by atoms with Crippen molar-refractivity contribution in [2.45, 2.75) is 50.1 Å². The molecule has 1 fully saturated rings. The number of benzene rings is 1. The molecule has 1 amide bonds. The molecule has 0 unspecified atom stereocenters. The zero-order chi connectivity index (χ0) is 22.5. The number of fused-ring (bicyclic) bond motifs is 1. The lowest BCUT2D eigenvalue weighted by Crippen LogP contribution is -2.30. The van der Waals surface area contributed by atoms with E-state index in [1.165, 1.54) is 19.3 Å². The highest BCUT2D eigenvalue weighted by atomic mass is 32.2. The third-order valence-electron chi connectivity index (χ3n) is 5.39. The predicted molar refractivity (Wildman–Crippen MR) is 128 cm³/mol. The second kappa shape index (κ2) is 10.2. The van der Waals surface area contributed by atoms with Crippen LogP contribution in [0.1, 0.15) is 43.5 Å². The van der Waals surface area contributed by atoms with E-state index in [1.54, 1.807) is 31.0 Å². The Balaban J connectivity index is 1.52. The maximum atomic E-state index is 12.5. The summed E-state index contributed by atoms with van der Waals surface area (Å²) in [7, 11) is 1.59. The molecule has 0 aliphatic carbocycles. The fourth-order valence-electron chi connectivity index (χ4n) is 3.84. The van der Waals surface area contributed by atoms with Crippen molar-refractivity contribution in [2.24, 2.45) is 0 Å². The molecule has 1 aromatic carbocycles. The van der Waals surface area contributed by atoms with Crippen LogP contribution < -0.4 is 15.0 Å². The highest BCUT2D eigenvalue weighted by Gasteiger charge is 2.20. The third kappa shape index (κ3) is 5.15. The minimum Gasteiger partial charge on any atom is -0.497 e. The highest BCUT2D eigenvalue weighted by Crippen LogP contribution is 2.30. The Labute approximate surface area is 192 Å². The molecular weight excluding hydrogens is 424 g/mol. The zero-order valence-electron chi connectivity index (χ0n) is 18.9. The van der Waals surface area contributed by atoms with E-state index in [1.807, 2.05) is 23.0 Å². The number of nitrogens with one attached hydrogen (secondary N) is 1. The van der Waals surface area contributed by atoms with Gasteiger partial charge in [0.25, 0.3) is 5.91 Å². The molecule has 1 aliphatic heterocycles. The van der Waals surface area contributed by atoms with Gasteiger partial charge in [-0.05, 0) is 37.5 Å². The Morgan fingerprint density at radius 2 is 2.03 bits per heavy atom. The van der Waals surface area contributed by atoms with Gasteiger partial charge >= 0.3 is 0 Å². The molecule has 0 saturated carbocycles. The normalized spacial score (nSPS) is 14.2. The third-order valence-corrected chi connectivity index (χ3v) is 6.26. The van der Waals surface area contributed by atoms with Crippen LogP contribution in [0.4, 0.5) is 5.82 Å². The minimum absolute atomic E-state index is 0.139. The van der Waals surface area contributed by atoms with Gasteiger partial charge in [-0.3, -0.25) is 4.79 Å². The van der Waals surface area contributed by atoms with Crippen LogP contribution >= 0.6 is 11.8 Å². The monoisotopic (exact) mass is 454 g/mol. The number of ether oxygens (including phenoxy) is 1. The van der Waals surface area contributed by atoms with Crippen molar-refractivity contribution < 1.29 is 9.53 Å². The smallest absolute Gasteiger partial charge is 0.251 e. The molecule has 4 rings (SSSR count). The van der Waals surface area contributed by atoms with Crippen LogP contribution in [0.25, 0.3) is 11.0 Å².